The first-order valence-electron chi connectivity index (χ1n) is 4.84. The summed E-state index contributed by atoms with van der Waals surface area (Å²) < 4.78 is 0.689. The van der Waals surface area contributed by atoms with Crippen molar-refractivity contribution < 1.29 is 4.92 Å². The molecule has 0 heterocycles. The summed E-state index contributed by atoms with van der Waals surface area (Å²) >= 11 is 4.96. The molecule has 0 amide bonds. The van der Waals surface area contributed by atoms with Crippen LogP contribution < -0.4 is 5.32 Å². The molecule has 6 heteroatoms. The van der Waals surface area contributed by atoms with E-state index in [0.717, 1.165) is 18.0 Å². The first-order valence-corrected chi connectivity index (χ1v) is 6.79. The molecule has 4 nitrogen and oxygen atoms in total. The fourth-order valence-electron chi connectivity index (χ4n) is 1.15. The fraction of sp³-hybridized carbons (Fsp3) is 0.273. The van der Waals surface area contributed by atoms with Crippen LogP contribution in [0.1, 0.15) is 0 Å². The number of hydrogen-bond acceptors (Lipinski definition) is 4. The maximum atomic E-state index is 10.5. The van der Waals surface area contributed by atoms with Crippen molar-refractivity contribution in [1.82, 2.24) is 0 Å². The molecule has 1 N–H and O–H groups in total. The minimum atomic E-state index is -0.419. The van der Waals surface area contributed by atoms with Gasteiger partial charge in [-0.25, -0.2) is 0 Å². The van der Waals surface area contributed by atoms with Crippen LogP contribution in [0.25, 0.3) is 0 Å². The van der Waals surface area contributed by atoms with Gasteiger partial charge in [0.15, 0.2) is 0 Å². The van der Waals surface area contributed by atoms with Crippen LogP contribution in [0.2, 0.25) is 0 Å². The van der Waals surface area contributed by atoms with Crippen molar-refractivity contribution in [3.05, 3.63) is 32.8 Å². The molecule has 0 spiro atoms. The number of terminal acetylenes is 1. The van der Waals surface area contributed by atoms with Crippen LogP contribution in [0, 0.1) is 22.5 Å². The van der Waals surface area contributed by atoms with Crippen molar-refractivity contribution >= 4 is 39.1 Å². The van der Waals surface area contributed by atoms with Gasteiger partial charge in [0.2, 0.25) is 0 Å². The number of nitro benzene ring substituents is 1. The van der Waals surface area contributed by atoms with Crippen LogP contribution >= 0.6 is 27.7 Å². The van der Waals surface area contributed by atoms with Crippen LogP contribution in [0.3, 0.4) is 0 Å². The summed E-state index contributed by atoms with van der Waals surface area (Å²) in [5.74, 6) is 4.14. The van der Waals surface area contributed by atoms with Gasteiger partial charge >= 0.3 is 0 Å². The lowest BCUT2D eigenvalue weighted by molar-refractivity contribution is -0.384. The van der Waals surface area contributed by atoms with E-state index in [1.165, 1.54) is 12.1 Å². The Hall–Kier alpha value is -1.19. The molecule has 1 rings (SSSR count). The normalized spacial score (nSPS) is 9.65. The van der Waals surface area contributed by atoms with Gasteiger partial charge in [0.05, 0.1) is 10.7 Å². The van der Waals surface area contributed by atoms with Gasteiger partial charge in [-0.05, 0) is 22.0 Å². The smallest absolute Gasteiger partial charge is 0.270 e. The number of nitro groups is 1. The summed E-state index contributed by atoms with van der Waals surface area (Å²) in [4.78, 5) is 10.1. The molecular formula is C11H11BrN2O2S. The molecule has 0 bridgehead atoms. The van der Waals surface area contributed by atoms with Crippen LogP contribution in [0.15, 0.2) is 22.7 Å². The number of hydrogen-bond donors (Lipinski definition) is 1. The van der Waals surface area contributed by atoms with E-state index in [1.807, 2.05) is 0 Å². The van der Waals surface area contributed by atoms with Crippen molar-refractivity contribution in [1.29, 1.82) is 0 Å². The quantitative estimate of drug-likeness (QED) is 0.379. The highest BCUT2D eigenvalue weighted by atomic mass is 79.9. The highest BCUT2D eigenvalue weighted by Crippen LogP contribution is 2.26. The first-order chi connectivity index (χ1) is 8.15. The standard InChI is InChI=1S/C11H11BrN2O2S/c1-2-6-17-7-5-13-11-4-3-9(14(15)16)8-10(11)12/h1,3-4,8,13H,5-7H2. The molecule has 0 atom stereocenters. The van der Waals surface area contributed by atoms with E-state index < -0.39 is 4.92 Å². The lowest BCUT2D eigenvalue weighted by atomic mass is 10.3. The molecular weight excluding hydrogens is 304 g/mol. The van der Waals surface area contributed by atoms with Crippen molar-refractivity contribution in [3.8, 4) is 12.3 Å². The Morgan fingerprint density at radius 1 is 1.59 bits per heavy atom. The maximum Gasteiger partial charge on any atom is 0.270 e. The lowest BCUT2D eigenvalue weighted by Crippen LogP contribution is -2.05. The van der Waals surface area contributed by atoms with Gasteiger partial charge < -0.3 is 5.32 Å². The predicted molar refractivity (Wildman–Crippen MR) is 75.4 cm³/mol. The molecule has 0 saturated heterocycles. The summed E-state index contributed by atoms with van der Waals surface area (Å²) in [5, 5.41) is 13.7. The Balaban J connectivity index is 2.50. The van der Waals surface area contributed by atoms with Gasteiger partial charge in [-0.2, -0.15) is 0 Å². The summed E-state index contributed by atoms with van der Waals surface area (Å²) in [7, 11) is 0. The third-order valence-corrected chi connectivity index (χ3v) is 3.43. The van der Waals surface area contributed by atoms with E-state index in [4.69, 9.17) is 6.42 Å². The number of benzene rings is 1. The van der Waals surface area contributed by atoms with Crippen LogP contribution in [0.5, 0.6) is 0 Å². The molecule has 0 saturated carbocycles. The number of thioether (sulfide) groups is 1. The van der Waals surface area contributed by atoms with E-state index in [2.05, 4.69) is 27.2 Å². The van der Waals surface area contributed by atoms with Crippen molar-refractivity contribution in [2.24, 2.45) is 0 Å². The minimum absolute atomic E-state index is 0.0733. The van der Waals surface area contributed by atoms with Crippen molar-refractivity contribution in [3.63, 3.8) is 0 Å². The molecule has 1 aromatic carbocycles. The molecule has 0 fully saturated rings. The molecule has 0 radical (unpaired) electrons. The molecule has 17 heavy (non-hydrogen) atoms. The van der Waals surface area contributed by atoms with E-state index in [-0.39, 0.29) is 5.69 Å². The maximum absolute atomic E-state index is 10.5. The Kier molecular flexibility index (Phi) is 5.87. The number of nitrogens with zero attached hydrogens (tertiary/aromatic N) is 1. The molecule has 90 valence electrons. The van der Waals surface area contributed by atoms with Gasteiger partial charge in [-0.3, -0.25) is 10.1 Å². The fourth-order valence-corrected chi connectivity index (χ4v) is 2.17. The third kappa shape index (κ3) is 4.67. The first kappa shape index (κ1) is 13.9. The molecule has 0 aromatic heterocycles. The largest absolute Gasteiger partial charge is 0.383 e. The number of non-ortho nitro benzene ring substituents is 1. The average Bonchev–Trinajstić information content (AvgIpc) is 2.30. The lowest BCUT2D eigenvalue weighted by Gasteiger charge is -2.07. The molecule has 1 aromatic rings. The predicted octanol–water partition coefficient (Wildman–Crippen LogP) is 3.14. The zero-order chi connectivity index (χ0) is 12.7. The Morgan fingerprint density at radius 3 is 2.94 bits per heavy atom. The summed E-state index contributed by atoms with van der Waals surface area (Å²) in [6.07, 6.45) is 5.13. The summed E-state index contributed by atoms with van der Waals surface area (Å²) in [6.45, 7) is 0.767. The van der Waals surface area contributed by atoms with Gasteiger partial charge in [0, 0.05) is 34.6 Å². The monoisotopic (exact) mass is 314 g/mol. The van der Waals surface area contributed by atoms with E-state index in [1.54, 1.807) is 17.8 Å². The highest BCUT2D eigenvalue weighted by molar-refractivity contribution is 9.10. The van der Waals surface area contributed by atoms with Crippen LogP contribution in [0.4, 0.5) is 11.4 Å². The summed E-state index contributed by atoms with van der Waals surface area (Å²) in [5.41, 5.74) is 0.918. The third-order valence-electron chi connectivity index (χ3n) is 1.91. The summed E-state index contributed by atoms with van der Waals surface area (Å²) in [6, 6.07) is 4.65. The number of nitrogens with one attached hydrogen (secondary N) is 1. The van der Waals surface area contributed by atoms with Gasteiger partial charge in [-0.1, -0.05) is 5.92 Å². The second kappa shape index (κ2) is 7.20. The Bertz CT molecular complexity index is 446. The molecule has 0 aliphatic heterocycles. The van der Waals surface area contributed by atoms with Gasteiger partial charge in [0.1, 0.15) is 0 Å². The van der Waals surface area contributed by atoms with Gasteiger partial charge in [0.25, 0.3) is 5.69 Å². The zero-order valence-electron chi connectivity index (χ0n) is 8.98. The Labute approximate surface area is 112 Å². The zero-order valence-corrected chi connectivity index (χ0v) is 11.4. The highest BCUT2D eigenvalue weighted by Gasteiger charge is 2.08. The molecule has 0 aliphatic carbocycles. The molecule has 0 aliphatic rings. The topological polar surface area (TPSA) is 55.2 Å². The number of halogens is 1. The van der Waals surface area contributed by atoms with E-state index >= 15 is 0 Å². The minimum Gasteiger partial charge on any atom is -0.383 e. The van der Waals surface area contributed by atoms with E-state index in [9.17, 15) is 10.1 Å². The second-order valence-electron chi connectivity index (χ2n) is 3.10. The number of rotatable bonds is 6. The average molecular weight is 315 g/mol. The second-order valence-corrected chi connectivity index (χ2v) is 5.06. The van der Waals surface area contributed by atoms with Gasteiger partial charge in [-0.15, -0.1) is 18.2 Å². The van der Waals surface area contributed by atoms with Crippen molar-refractivity contribution in [2.45, 2.75) is 0 Å². The molecule has 0 unspecified atom stereocenters. The van der Waals surface area contributed by atoms with E-state index in [0.29, 0.717) is 10.2 Å². The van der Waals surface area contributed by atoms with Crippen LogP contribution in [-0.2, 0) is 0 Å². The van der Waals surface area contributed by atoms with Crippen molar-refractivity contribution in [2.75, 3.05) is 23.4 Å². The Morgan fingerprint density at radius 2 is 2.35 bits per heavy atom. The SMILES string of the molecule is C#CCSCCNc1ccc([N+](=O)[O-])cc1Br. The van der Waals surface area contributed by atoms with Crippen LogP contribution in [-0.4, -0.2) is 23.0 Å². The number of anilines is 1.